The maximum absolute atomic E-state index is 14.9. The number of benzene rings is 3. The number of nitrogens with zero attached hydrogens (tertiary/aromatic N) is 3. The van der Waals surface area contributed by atoms with Gasteiger partial charge in [-0.1, -0.05) is 29.8 Å². The second-order valence-electron chi connectivity index (χ2n) is 11.0. The van der Waals surface area contributed by atoms with Crippen LogP contribution in [0.2, 0.25) is 5.02 Å². The van der Waals surface area contributed by atoms with Crippen LogP contribution < -0.4 is 18.7 Å². The lowest BCUT2D eigenvalue weighted by atomic mass is 10.0. The number of carbonyl (C=O) groups excluding carboxylic acids is 2. The molecule has 0 N–H and O–H groups in total. The van der Waals surface area contributed by atoms with Gasteiger partial charge in [0.25, 0.3) is 5.91 Å². The number of para-hydroxylation sites is 1. The first kappa shape index (κ1) is 30.8. The molecular weight excluding hydrogens is 621 g/mol. The van der Waals surface area contributed by atoms with E-state index in [-0.39, 0.29) is 17.5 Å². The summed E-state index contributed by atoms with van der Waals surface area (Å²) in [5.74, 6) is -2.00. The minimum atomic E-state index is -4.39. The van der Waals surface area contributed by atoms with Crippen molar-refractivity contribution in [3.05, 3.63) is 87.8 Å². The van der Waals surface area contributed by atoms with Gasteiger partial charge in [-0.05, 0) is 75.1 Å². The number of anilines is 2. The Labute approximate surface area is 265 Å². The van der Waals surface area contributed by atoms with Crippen LogP contribution in [0.3, 0.4) is 0 Å². The van der Waals surface area contributed by atoms with Crippen molar-refractivity contribution in [2.45, 2.75) is 45.9 Å². The summed E-state index contributed by atoms with van der Waals surface area (Å²) < 4.78 is 54.9. The van der Waals surface area contributed by atoms with E-state index in [1.54, 1.807) is 42.3 Å². The maximum Gasteiger partial charge on any atom is 0.262 e. The molecule has 0 unspecified atom stereocenters. The first-order valence-corrected chi connectivity index (χ1v) is 16.7. The lowest BCUT2D eigenvalue weighted by Gasteiger charge is -2.24. The smallest absolute Gasteiger partial charge is 0.262 e. The second kappa shape index (κ2) is 11.9. The van der Waals surface area contributed by atoms with E-state index in [2.05, 4.69) is 4.98 Å². The molecule has 0 radical (unpaired) electrons. The molecule has 0 saturated heterocycles. The predicted octanol–water partition coefficient (Wildman–Crippen LogP) is 6.57. The lowest BCUT2D eigenvalue weighted by molar-refractivity contribution is -0.118. The van der Waals surface area contributed by atoms with Crippen LogP contribution in [0.5, 0.6) is 11.5 Å². The van der Waals surface area contributed by atoms with E-state index < -0.39 is 39.1 Å². The molecule has 2 aliphatic rings. The van der Waals surface area contributed by atoms with Crippen LogP contribution in [0.25, 0.3) is 10.9 Å². The van der Waals surface area contributed by atoms with Gasteiger partial charge in [-0.2, -0.15) is 0 Å². The molecule has 2 amide bonds. The number of amides is 2. The van der Waals surface area contributed by atoms with Crippen LogP contribution in [-0.2, 0) is 27.1 Å². The molecular formula is C33H31ClFN3O6S. The molecule has 1 saturated carbocycles. The number of rotatable bonds is 10. The molecule has 3 aromatic carbocycles. The molecule has 6 rings (SSSR count). The highest BCUT2D eigenvalue weighted by molar-refractivity contribution is 7.92. The zero-order chi connectivity index (χ0) is 32.0. The van der Waals surface area contributed by atoms with Crippen LogP contribution in [0, 0.1) is 18.7 Å². The monoisotopic (exact) mass is 651 g/mol. The standard InChI is InChI=1S/C33H31ClFN3O6S/c1-4-43-30-22-8-7-15-36-28(22)31(44-5-2)23-17-37(33(40)27(23)30)26-14-11-20(16-19(26)3)18-45(41,42)38(32(39)21-12-13-21)29-24(34)9-6-10-25(29)35/h6-11,14-16,21H,4-5,12-13,17-18H2,1-3H3. The molecule has 0 spiro atoms. The molecule has 45 heavy (non-hydrogen) atoms. The van der Waals surface area contributed by atoms with E-state index >= 15 is 0 Å². The van der Waals surface area contributed by atoms with Crippen molar-refractivity contribution >= 4 is 55.7 Å². The number of halogens is 2. The average Bonchev–Trinajstić information content (AvgIpc) is 3.80. The van der Waals surface area contributed by atoms with E-state index in [4.69, 9.17) is 21.1 Å². The Morgan fingerprint density at radius 1 is 1.09 bits per heavy atom. The molecule has 1 aromatic heterocycles. The molecule has 1 aliphatic heterocycles. The van der Waals surface area contributed by atoms with Crippen molar-refractivity contribution < 1.29 is 31.9 Å². The Morgan fingerprint density at radius 3 is 2.49 bits per heavy atom. The van der Waals surface area contributed by atoms with Crippen molar-refractivity contribution in [2.24, 2.45) is 5.92 Å². The van der Waals surface area contributed by atoms with Crippen LogP contribution >= 0.6 is 11.6 Å². The largest absolute Gasteiger partial charge is 0.492 e. The van der Waals surface area contributed by atoms with Crippen LogP contribution in [-0.4, -0.2) is 38.4 Å². The number of aromatic nitrogens is 1. The van der Waals surface area contributed by atoms with Crippen LogP contribution in [0.15, 0.2) is 54.7 Å². The summed E-state index contributed by atoms with van der Waals surface area (Å²) in [6.45, 7) is 6.40. The minimum Gasteiger partial charge on any atom is -0.492 e. The van der Waals surface area contributed by atoms with E-state index in [0.29, 0.717) is 80.7 Å². The van der Waals surface area contributed by atoms with E-state index in [0.717, 1.165) is 6.07 Å². The molecule has 0 bridgehead atoms. The molecule has 12 heteroatoms. The van der Waals surface area contributed by atoms with Gasteiger partial charge in [-0.15, -0.1) is 0 Å². The summed E-state index contributed by atoms with van der Waals surface area (Å²) in [7, 11) is -4.39. The first-order valence-electron chi connectivity index (χ1n) is 14.7. The first-order chi connectivity index (χ1) is 21.6. The minimum absolute atomic E-state index is 0.174. The number of carbonyl (C=O) groups is 2. The van der Waals surface area contributed by atoms with Gasteiger partial charge >= 0.3 is 0 Å². The third-order valence-corrected chi connectivity index (χ3v) is 9.79. The van der Waals surface area contributed by atoms with E-state index in [1.807, 2.05) is 19.9 Å². The van der Waals surface area contributed by atoms with Gasteiger partial charge in [0.15, 0.2) is 5.75 Å². The predicted molar refractivity (Wildman–Crippen MR) is 170 cm³/mol. The maximum atomic E-state index is 14.9. The van der Waals surface area contributed by atoms with Gasteiger partial charge in [0, 0.05) is 28.8 Å². The van der Waals surface area contributed by atoms with E-state index in [9.17, 15) is 22.4 Å². The summed E-state index contributed by atoms with van der Waals surface area (Å²) in [5.41, 5.74) is 2.77. The van der Waals surface area contributed by atoms with Crippen molar-refractivity contribution in [2.75, 3.05) is 22.4 Å². The number of sulfonamides is 1. The molecule has 1 aliphatic carbocycles. The third-order valence-electron chi connectivity index (χ3n) is 7.87. The fraction of sp³-hybridized carbons (Fsp3) is 0.303. The molecule has 2 heterocycles. The Morgan fingerprint density at radius 2 is 1.82 bits per heavy atom. The summed E-state index contributed by atoms with van der Waals surface area (Å²) in [5, 5.41) is 0.501. The van der Waals surface area contributed by atoms with Crippen molar-refractivity contribution in [3.63, 3.8) is 0 Å². The third kappa shape index (κ3) is 5.48. The molecule has 4 aromatic rings. The summed E-state index contributed by atoms with van der Waals surface area (Å²) in [4.78, 5) is 33.3. The number of hydrogen-bond donors (Lipinski definition) is 0. The van der Waals surface area contributed by atoms with Crippen LogP contribution in [0.1, 0.15) is 53.7 Å². The van der Waals surface area contributed by atoms with Gasteiger partial charge in [-0.25, -0.2) is 17.1 Å². The topological polar surface area (TPSA) is 106 Å². The summed E-state index contributed by atoms with van der Waals surface area (Å²) >= 11 is 6.21. The van der Waals surface area contributed by atoms with Gasteiger partial charge in [0.1, 0.15) is 22.8 Å². The number of hydrogen-bond acceptors (Lipinski definition) is 7. The average molecular weight is 652 g/mol. The van der Waals surface area contributed by atoms with Crippen molar-refractivity contribution in [3.8, 4) is 11.5 Å². The fourth-order valence-corrected chi connectivity index (χ4v) is 7.69. The molecule has 234 valence electrons. The zero-order valence-electron chi connectivity index (χ0n) is 25.0. The van der Waals surface area contributed by atoms with Gasteiger partial charge in [0.05, 0.1) is 36.1 Å². The normalized spacial score (nSPS) is 14.5. The summed E-state index contributed by atoms with van der Waals surface area (Å²) in [6, 6.07) is 12.3. The Balaban J connectivity index is 1.35. The molecule has 9 nitrogen and oxygen atoms in total. The fourth-order valence-electron chi connectivity index (χ4n) is 5.78. The summed E-state index contributed by atoms with van der Waals surface area (Å²) in [6.07, 6.45) is 2.72. The molecule has 0 atom stereocenters. The van der Waals surface area contributed by atoms with Crippen molar-refractivity contribution in [1.82, 2.24) is 4.98 Å². The van der Waals surface area contributed by atoms with Gasteiger partial charge in [-0.3, -0.25) is 14.6 Å². The quantitative estimate of drug-likeness (QED) is 0.191. The Hall–Kier alpha value is -4.22. The SMILES string of the molecule is CCOc1c2c(c(OCC)c3ncccc13)CN(c1ccc(CS(=O)(=O)N(C(=O)C3CC3)c3c(F)cccc3Cl)cc1C)C2=O. The van der Waals surface area contributed by atoms with Gasteiger partial charge < -0.3 is 14.4 Å². The van der Waals surface area contributed by atoms with E-state index in [1.165, 1.54) is 12.1 Å². The number of pyridine rings is 1. The van der Waals surface area contributed by atoms with Gasteiger partial charge in [0.2, 0.25) is 15.9 Å². The highest BCUT2D eigenvalue weighted by atomic mass is 35.5. The second-order valence-corrected chi connectivity index (χ2v) is 13.2. The van der Waals surface area contributed by atoms with Crippen molar-refractivity contribution in [1.29, 1.82) is 0 Å². The highest BCUT2D eigenvalue weighted by Crippen LogP contribution is 2.46. The number of ether oxygens (including phenoxy) is 2. The number of fused-ring (bicyclic) bond motifs is 2. The Bertz CT molecular complexity index is 1940. The zero-order valence-corrected chi connectivity index (χ0v) is 26.5. The van der Waals surface area contributed by atoms with Crippen LogP contribution in [0.4, 0.5) is 15.8 Å². The number of aryl methyl sites for hydroxylation is 1. The lowest BCUT2D eigenvalue weighted by Crippen LogP contribution is -2.39. The highest BCUT2D eigenvalue weighted by Gasteiger charge is 2.42. The molecule has 1 fully saturated rings. The Kier molecular flexibility index (Phi) is 8.17.